The fraction of sp³-hybridized carbons (Fsp3) is 0.478. The van der Waals surface area contributed by atoms with Crippen LogP contribution in [0.15, 0.2) is 54.6 Å². The van der Waals surface area contributed by atoms with E-state index in [0.29, 0.717) is 6.42 Å². The summed E-state index contributed by atoms with van der Waals surface area (Å²) < 4.78 is 13.4. The molecule has 138 valence electrons. The fourth-order valence-electron chi connectivity index (χ4n) is 4.85. The molecule has 2 aliphatic rings. The van der Waals surface area contributed by atoms with Crippen molar-refractivity contribution in [3.8, 4) is 0 Å². The highest BCUT2D eigenvalue weighted by Gasteiger charge is 2.34. The quantitative estimate of drug-likeness (QED) is 0.851. The summed E-state index contributed by atoms with van der Waals surface area (Å²) >= 11 is 0. The van der Waals surface area contributed by atoms with E-state index in [1.165, 1.54) is 37.8 Å². The molecule has 2 aromatic rings. The van der Waals surface area contributed by atoms with Gasteiger partial charge >= 0.3 is 0 Å². The molecule has 0 radical (unpaired) electrons. The summed E-state index contributed by atoms with van der Waals surface area (Å²) in [6.45, 7) is 3.16. The maximum Gasteiger partial charge on any atom is 0.123 e. The van der Waals surface area contributed by atoms with Gasteiger partial charge in [0.15, 0.2) is 0 Å². The third-order valence-electron chi connectivity index (χ3n) is 6.38. The number of hydrogen-bond acceptors (Lipinski definition) is 2. The second-order valence-electron chi connectivity index (χ2n) is 8.12. The molecule has 1 heterocycles. The Hall–Kier alpha value is -1.71. The van der Waals surface area contributed by atoms with Crippen molar-refractivity contribution in [2.75, 3.05) is 19.6 Å². The van der Waals surface area contributed by atoms with Gasteiger partial charge in [-0.25, -0.2) is 4.39 Å². The second kappa shape index (κ2) is 7.50. The molecule has 1 aliphatic heterocycles. The van der Waals surface area contributed by atoms with Gasteiger partial charge in [0.05, 0.1) is 0 Å². The lowest BCUT2D eigenvalue weighted by atomic mass is 9.83. The van der Waals surface area contributed by atoms with Crippen molar-refractivity contribution in [3.63, 3.8) is 0 Å². The Morgan fingerprint density at radius 2 is 1.62 bits per heavy atom. The Kier molecular flexibility index (Phi) is 5.10. The average molecular weight is 353 g/mol. The Balaban J connectivity index is 1.54. The van der Waals surface area contributed by atoms with Gasteiger partial charge in [0, 0.05) is 13.1 Å². The van der Waals surface area contributed by atoms with Crippen LogP contribution in [0.25, 0.3) is 0 Å². The van der Waals surface area contributed by atoms with E-state index in [4.69, 9.17) is 0 Å². The standard InChI is InChI=1S/C23H28FNO/c24-22-10-8-21(9-11-22)23(26,20-4-2-1-3-5-20)13-15-25-14-12-18-6-7-19(16-18)17-25/h1-5,8-11,18-19,26H,6-7,12-17H2/t18-,19-,23-/m0/s1. The smallest absolute Gasteiger partial charge is 0.123 e. The van der Waals surface area contributed by atoms with Gasteiger partial charge < -0.3 is 10.0 Å². The van der Waals surface area contributed by atoms with Crippen LogP contribution < -0.4 is 0 Å². The molecule has 0 amide bonds. The minimum absolute atomic E-state index is 0.271. The van der Waals surface area contributed by atoms with Crippen molar-refractivity contribution < 1.29 is 9.50 Å². The van der Waals surface area contributed by atoms with Crippen LogP contribution in [0.3, 0.4) is 0 Å². The van der Waals surface area contributed by atoms with Crippen molar-refractivity contribution in [1.82, 2.24) is 4.90 Å². The summed E-state index contributed by atoms with van der Waals surface area (Å²) in [6, 6.07) is 16.1. The first-order valence-corrected chi connectivity index (χ1v) is 9.90. The predicted octanol–water partition coefficient (Wildman–Crippen LogP) is 4.57. The first kappa shape index (κ1) is 17.7. The molecular formula is C23H28FNO. The van der Waals surface area contributed by atoms with Crippen LogP contribution in [-0.2, 0) is 5.60 Å². The van der Waals surface area contributed by atoms with E-state index < -0.39 is 5.60 Å². The van der Waals surface area contributed by atoms with E-state index in [9.17, 15) is 9.50 Å². The largest absolute Gasteiger partial charge is 0.380 e. The topological polar surface area (TPSA) is 23.5 Å². The number of halogens is 1. The zero-order valence-corrected chi connectivity index (χ0v) is 15.3. The molecule has 3 heteroatoms. The van der Waals surface area contributed by atoms with E-state index in [1.807, 2.05) is 30.3 Å². The van der Waals surface area contributed by atoms with Crippen LogP contribution in [0.1, 0.15) is 43.2 Å². The van der Waals surface area contributed by atoms with E-state index in [0.717, 1.165) is 42.6 Å². The first-order valence-electron chi connectivity index (χ1n) is 9.90. The summed E-state index contributed by atoms with van der Waals surface area (Å²) in [5.41, 5.74) is 0.560. The normalized spacial score (nSPS) is 25.6. The van der Waals surface area contributed by atoms with Gasteiger partial charge in [-0.1, -0.05) is 48.9 Å². The SMILES string of the molecule is O[C@@](CCN1CC[C@@H]2CC[C@@H](C2)C1)(c1ccccc1)c1ccc(F)cc1. The molecule has 1 aliphatic carbocycles. The summed E-state index contributed by atoms with van der Waals surface area (Å²) in [5, 5.41) is 11.6. The highest BCUT2D eigenvalue weighted by atomic mass is 19.1. The van der Waals surface area contributed by atoms with Gasteiger partial charge in [-0.05, 0) is 67.3 Å². The predicted molar refractivity (Wildman–Crippen MR) is 102 cm³/mol. The second-order valence-corrected chi connectivity index (χ2v) is 8.12. The number of nitrogens with zero attached hydrogens (tertiary/aromatic N) is 1. The third kappa shape index (κ3) is 3.70. The first-order chi connectivity index (χ1) is 12.6. The molecule has 1 saturated carbocycles. The van der Waals surface area contributed by atoms with E-state index in [2.05, 4.69) is 4.90 Å². The van der Waals surface area contributed by atoms with Crippen LogP contribution in [0.2, 0.25) is 0 Å². The van der Waals surface area contributed by atoms with Crippen LogP contribution in [0.4, 0.5) is 4.39 Å². The highest BCUT2D eigenvalue weighted by Crippen LogP contribution is 2.38. The summed E-state index contributed by atoms with van der Waals surface area (Å²) in [6.07, 6.45) is 6.07. The molecule has 2 aromatic carbocycles. The molecule has 4 rings (SSSR count). The zero-order chi connectivity index (χ0) is 18.0. The van der Waals surface area contributed by atoms with Gasteiger partial charge in [0.2, 0.25) is 0 Å². The van der Waals surface area contributed by atoms with Crippen LogP contribution in [0, 0.1) is 17.7 Å². The number of benzene rings is 2. The molecule has 3 atom stereocenters. The summed E-state index contributed by atoms with van der Waals surface area (Å²) in [4.78, 5) is 2.53. The molecular weight excluding hydrogens is 325 g/mol. The molecule has 0 unspecified atom stereocenters. The van der Waals surface area contributed by atoms with E-state index >= 15 is 0 Å². The summed E-state index contributed by atoms with van der Waals surface area (Å²) in [7, 11) is 0. The van der Waals surface area contributed by atoms with Crippen molar-refractivity contribution >= 4 is 0 Å². The molecule has 26 heavy (non-hydrogen) atoms. The lowest BCUT2D eigenvalue weighted by Crippen LogP contribution is -2.36. The lowest BCUT2D eigenvalue weighted by Gasteiger charge is -2.33. The molecule has 1 N–H and O–H groups in total. The highest BCUT2D eigenvalue weighted by molar-refractivity contribution is 5.36. The van der Waals surface area contributed by atoms with Gasteiger partial charge in [0.25, 0.3) is 0 Å². The number of fused-ring (bicyclic) bond motifs is 2. The van der Waals surface area contributed by atoms with Crippen molar-refractivity contribution in [3.05, 3.63) is 71.5 Å². The molecule has 2 bridgehead atoms. The monoisotopic (exact) mass is 353 g/mol. The Morgan fingerprint density at radius 1 is 0.923 bits per heavy atom. The minimum atomic E-state index is -1.08. The maximum atomic E-state index is 13.4. The molecule has 2 fully saturated rings. The van der Waals surface area contributed by atoms with Crippen LogP contribution in [0.5, 0.6) is 0 Å². The Bertz CT molecular complexity index is 717. The fourth-order valence-corrected chi connectivity index (χ4v) is 4.85. The number of likely N-dealkylation sites (tertiary alicyclic amines) is 1. The number of hydrogen-bond donors (Lipinski definition) is 1. The van der Waals surface area contributed by atoms with Crippen molar-refractivity contribution in [2.45, 2.75) is 37.7 Å². The molecule has 2 nitrogen and oxygen atoms in total. The third-order valence-corrected chi connectivity index (χ3v) is 6.38. The Morgan fingerprint density at radius 3 is 2.38 bits per heavy atom. The average Bonchev–Trinajstić information content (AvgIpc) is 3.01. The number of rotatable bonds is 5. The van der Waals surface area contributed by atoms with Crippen molar-refractivity contribution in [2.24, 2.45) is 11.8 Å². The maximum absolute atomic E-state index is 13.4. The van der Waals surface area contributed by atoms with Crippen LogP contribution >= 0.6 is 0 Å². The van der Waals surface area contributed by atoms with Gasteiger partial charge in [0.1, 0.15) is 11.4 Å². The van der Waals surface area contributed by atoms with Gasteiger partial charge in [-0.3, -0.25) is 0 Å². The number of aliphatic hydroxyl groups is 1. The molecule has 0 aromatic heterocycles. The van der Waals surface area contributed by atoms with E-state index in [1.54, 1.807) is 12.1 Å². The molecule has 1 saturated heterocycles. The van der Waals surface area contributed by atoms with Crippen molar-refractivity contribution in [1.29, 1.82) is 0 Å². The molecule has 0 spiro atoms. The summed E-state index contributed by atoms with van der Waals surface area (Å²) in [5.74, 6) is 1.47. The zero-order valence-electron chi connectivity index (χ0n) is 15.3. The minimum Gasteiger partial charge on any atom is -0.380 e. The van der Waals surface area contributed by atoms with Crippen LogP contribution in [-0.4, -0.2) is 29.6 Å². The van der Waals surface area contributed by atoms with E-state index in [-0.39, 0.29) is 5.82 Å². The Labute approximate surface area is 155 Å². The lowest BCUT2D eigenvalue weighted by molar-refractivity contribution is 0.0553. The van der Waals surface area contributed by atoms with Gasteiger partial charge in [-0.2, -0.15) is 0 Å². The van der Waals surface area contributed by atoms with Gasteiger partial charge in [-0.15, -0.1) is 0 Å².